The molecule has 3 atom stereocenters. The molecule has 180 valence electrons. The molecule has 0 spiro atoms. The lowest BCUT2D eigenvalue weighted by atomic mass is 9.76. The molecular weight excluding hydrogens is 444 g/mol. The summed E-state index contributed by atoms with van der Waals surface area (Å²) >= 11 is 0. The van der Waals surface area contributed by atoms with E-state index in [9.17, 15) is 4.79 Å². The maximum absolute atomic E-state index is 12.7. The number of fused-ring (bicyclic) bond motifs is 4. The maximum atomic E-state index is 12.7. The van der Waals surface area contributed by atoms with Crippen LogP contribution < -0.4 is 15.4 Å². The minimum absolute atomic E-state index is 0.0412. The van der Waals surface area contributed by atoms with E-state index in [1.807, 2.05) is 24.3 Å². The van der Waals surface area contributed by atoms with Crippen LogP contribution >= 0.6 is 0 Å². The van der Waals surface area contributed by atoms with Crippen LogP contribution in [0.4, 0.5) is 11.4 Å². The van der Waals surface area contributed by atoms with Crippen molar-refractivity contribution in [3.8, 4) is 5.75 Å². The second-order valence-corrected chi connectivity index (χ2v) is 9.71. The van der Waals surface area contributed by atoms with Gasteiger partial charge in [-0.2, -0.15) is 0 Å². The number of benzene rings is 4. The lowest BCUT2D eigenvalue weighted by molar-refractivity contribution is -0.116. The fourth-order valence-corrected chi connectivity index (χ4v) is 5.86. The van der Waals surface area contributed by atoms with Crippen LogP contribution in [0.15, 0.2) is 97.1 Å². The van der Waals surface area contributed by atoms with Crippen molar-refractivity contribution in [1.29, 1.82) is 0 Å². The average molecular weight is 475 g/mol. The summed E-state index contributed by atoms with van der Waals surface area (Å²) in [6.45, 7) is 0. The standard InChI is InChI=1S/C32H30N2O2/c1-36-29-18-15-22-10-5-6-11-24(22)31(29)32-26-13-7-12-25(26)27-20-23(16-17-28(27)34-32)33-30(35)19-14-21-8-3-2-4-9-21/h2-12,15-18,20,25-26,32,34H,13-14,19H2,1H3,(H,33,35). The third kappa shape index (κ3) is 4.13. The zero-order chi connectivity index (χ0) is 24.5. The third-order valence-electron chi connectivity index (χ3n) is 7.59. The number of amides is 1. The van der Waals surface area contributed by atoms with Crippen molar-refractivity contribution < 1.29 is 9.53 Å². The zero-order valence-corrected chi connectivity index (χ0v) is 20.4. The van der Waals surface area contributed by atoms with E-state index in [1.54, 1.807) is 7.11 Å². The number of nitrogens with one attached hydrogen (secondary N) is 2. The molecule has 0 radical (unpaired) electrons. The van der Waals surface area contributed by atoms with Crippen LogP contribution in [-0.4, -0.2) is 13.0 Å². The second-order valence-electron chi connectivity index (χ2n) is 9.71. The molecule has 2 N–H and O–H groups in total. The summed E-state index contributed by atoms with van der Waals surface area (Å²) in [5.74, 6) is 1.62. The number of rotatable bonds is 6. The van der Waals surface area contributed by atoms with E-state index in [4.69, 9.17) is 4.74 Å². The molecular formula is C32H30N2O2. The summed E-state index contributed by atoms with van der Waals surface area (Å²) in [5.41, 5.74) is 5.61. The van der Waals surface area contributed by atoms with Gasteiger partial charge in [0.1, 0.15) is 5.75 Å². The number of allylic oxidation sites excluding steroid dienone is 2. The van der Waals surface area contributed by atoms with Crippen LogP contribution in [0, 0.1) is 5.92 Å². The summed E-state index contributed by atoms with van der Waals surface area (Å²) in [7, 11) is 1.75. The highest BCUT2D eigenvalue weighted by atomic mass is 16.5. The molecule has 3 unspecified atom stereocenters. The molecule has 1 heterocycles. The van der Waals surface area contributed by atoms with Gasteiger partial charge in [0.05, 0.1) is 13.2 Å². The topological polar surface area (TPSA) is 50.4 Å². The highest BCUT2D eigenvalue weighted by Gasteiger charge is 2.39. The number of anilines is 2. The molecule has 0 aromatic heterocycles. The van der Waals surface area contributed by atoms with Gasteiger partial charge in [-0.15, -0.1) is 0 Å². The summed E-state index contributed by atoms with van der Waals surface area (Å²) in [6.07, 6.45) is 6.83. The van der Waals surface area contributed by atoms with E-state index in [0.717, 1.165) is 30.0 Å². The molecule has 0 fully saturated rings. The predicted molar refractivity (Wildman–Crippen MR) is 147 cm³/mol. The molecule has 4 nitrogen and oxygen atoms in total. The minimum atomic E-state index is 0.0412. The maximum Gasteiger partial charge on any atom is 0.224 e. The molecule has 1 amide bonds. The first-order valence-corrected chi connectivity index (χ1v) is 12.7. The Kier molecular flexibility index (Phi) is 5.94. The van der Waals surface area contributed by atoms with Gasteiger partial charge in [0.15, 0.2) is 0 Å². The van der Waals surface area contributed by atoms with E-state index < -0.39 is 0 Å². The second kappa shape index (κ2) is 9.54. The van der Waals surface area contributed by atoms with Gasteiger partial charge < -0.3 is 15.4 Å². The molecule has 1 aliphatic heterocycles. The molecule has 4 heteroatoms. The normalized spacial score (nSPS) is 19.9. The van der Waals surface area contributed by atoms with Crippen LogP contribution in [0.25, 0.3) is 10.8 Å². The summed E-state index contributed by atoms with van der Waals surface area (Å²) in [5, 5.41) is 9.41. The van der Waals surface area contributed by atoms with Crippen LogP contribution in [-0.2, 0) is 11.2 Å². The van der Waals surface area contributed by atoms with E-state index in [-0.39, 0.29) is 17.9 Å². The van der Waals surface area contributed by atoms with Crippen molar-refractivity contribution in [1.82, 2.24) is 0 Å². The van der Waals surface area contributed by atoms with E-state index in [1.165, 1.54) is 27.5 Å². The Balaban J connectivity index is 1.28. The lowest BCUT2D eigenvalue weighted by Crippen LogP contribution is -2.29. The molecule has 0 bridgehead atoms. The van der Waals surface area contributed by atoms with Crippen molar-refractivity contribution in [3.05, 3.63) is 114 Å². The predicted octanol–water partition coefficient (Wildman–Crippen LogP) is 7.25. The van der Waals surface area contributed by atoms with Gasteiger partial charge in [-0.1, -0.05) is 72.8 Å². The molecule has 6 rings (SSSR count). The van der Waals surface area contributed by atoms with Gasteiger partial charge in [0.2, 0.25) is 5.91 Å². The molecule has 1 aliphatic carbocycles. The van der Waals surface area contributed by atoms with Gasteiger partial charge in [0.25, 0.3) is 0 Å². The molecule has 4 aromatic carbocycles. The van der Waals surface area contributed by atoms with Crippen LogP contribution in [0.2, 0.25) is 0 Å². The Morgan fingerprint density at radius 1 is 1.00 bits per heavy atom. The van der Waals surface area contributed by atoms with Crippen molar-refractivity contribution in [3.63, 3.8) is 0 Å². The smallest absolute Gasteiger partial charge is 0.224 e. The molecule has 4 aromatic rings. The van der Waals surface area contributed by atoms with Gasteiger partial charge in [-0.3, -0.25) is 4.79 Å². The quantitative estimate of drug-likeness (QED) is 0.290. The number of ether oxygens (including phenoxy) is 1. The average Bonchev–Trinajstić information content (AvgIpc) is 3.42. The summed E-state index contributed by atoms with van der Waals surface area (Å²) in [4.78, 5) is 12.7. The number of methoxy groups -OCH3 is 1. The Morgan fingerprint density at radius 2 is 1.83 bits per heavy atom. The highest BCUT2D eigenvalue weighted by Crippen LogP contribution is 2.52. The van der Waals surface area contributed by atoms with Crippen LogP contribution in [0.3, 0.4) is 0 Å². The Hall–Kier alpha value is -4.05. The largest absolute Gasteiger partial charge is 0.496 e. The first-order chi connectivity index (χ1) is 17.7. The van der Waals surface area contributed by atoms with Crippen molar-refractivity contribution in [2.75, 3.05) is 17.7 Å². The van der Waals surface area contributed by atoms with Crippen molar-refractivity contribution in [2.24, 2.45) is 5.92 Å². The van der Waals surface area contributed by atoms with Gasteiger partial charge in [-0.25, -0.2) is 0 Å². The minimum Gasteiger partial charge on any atom is -0.496 e. The Morgan fingerprint density at radius 3 is 2.69 bits per heavy atom. The van der Waals surface area contributed by atoms with Gasteiger partial charge in [-0.05, 0) is 64.9 Å². The lowest BCUT2D eigenvalue weighted by Gasteiger charge is -2.38. The van der Waals surface area contributed by atoms with E-state index in [0.29, 0.717) is 12.3 Å². The van der Waals surface area contributed by atoms with Crippen molar-refractivity contribution >= 4 is 28.1 Å². The number of aryl methyl sites for hydroxylation is 1. The number of hydrogen-bond donors (Lipinski definition) is 2. The van der Waals surface area contributed by atoms with Crippen LogP contribution in [0.1, 0.15) is 41.5 Å². The fourth-order valence-electron chi connectivity index (χ4n) is 5.86. The molecule has 0 saturated carbocycles. The molecule has 0 saturated heterocycles. The third-order valence-corrected chi connectivity index (χ3v) is 7.59. The van der Waals surface area contributed by atoms with E-state index >= 15 is 0 Å². The van der Waals surface area contributed by atoms with Crippen LogP contribution in [0.5, 0.6) is 5.75 Å². The number of carbonyl (C=O) groups excluding carboxylic acids is 1. The van der Waals surface area contributed by atoms with Crippen molar-refractivity contribution in [2.45, 2.75) is 31.2 Å². The van der Waals surface area contributed by atoms with Gasteiger partial charge >= 0.3 is 0 Å². The highest BCUT2D eigenvalue weighted by molar-refractivity contribution is 5.92. The zero-order valence-electron chi connectivity index (χ0n) is 20.4. The first-order valence-electron chi connectivity index (χ1n) is 12.7. The monoisotopic (exact) mass is 474 g/mol. The summed E-state index contributed by atoms with van der Waals surface area (Å²) in [6, 6.07) is 29.3. The first kappa shape index (κ1) is 22.4. The number of hydrogen-bond acceptors (Lipinski definition) is 3. The van der Waals surface area contributed by atoms with E-state index in [2.05, 4.69) is 83.4 Å². The fraction of sp³-hybridized carbons (Fsp3) is 0.219. The van der Waals surface area contributed by atoms with Gasteiger partial charge in [0, 0.05) is 29.3 Å². The molecule has 2 aliphatic rings. The Labute approximate surface area is 212 Å². The molecule has 36 heavy (non-hydrogen) atoms. The number of carbonyl (C=O) groups is 1. The Bertz CT molecular complexity index is 1440. The SMILES string of the molecule is COc1ccc2ccccc2c1C1Nc2ccc(NC(=O)CCc3ccccc3)cc2C2C=CCC21. The summed E-state index contributed by atoms with van der Waals surface area (Å²) < 4.78 is 5.85.